The first-order valence-corrected chi connectivity index (χ1v) is 8.90. The second-order valence-corrected chi connectivity index (χ2v) is 7.73. The third-order valence-electron chi connectivity index (χ3n) is 2.75. The van der Waals surface area contributed by atoms with Crippen molar-refractivity contribution in [2.45, 2.75) is 11.3 Å². The molecule has 5 nitrogen and oxygen atoms in total. The Hall–Kier alpha value is -1.95. The Balaban J connectivity index is 1.86. The standard InChI is InChI=1S/C14H10N4OS3/c1-8-17-18-14(21-8)20-7-11(19)9(6-15)13-16-10-4-2-3-5-12(10)22-13/h2-5,19H,7H2,1H3/b11-9-. The van der Waals surface area contributed by atoms with Crippen LogP contribution in [0.15, 0.2) is 34.4 Å². The van der Waals surface area contributed by atoms with Gasteiger partial charge in [-0.15, -0.1) is 21.5 Å². The zero-order chi connectivity index (χ0) is 15.5. The number of nitrogens with zero attached hydrogens (tertiary/aromatic N) is 4. The van der Waals surface area contributed by atoms with Crippen molar-refractivity contribution in [1.29, 1.82) is 5.26 Å². The summed E-state index contributed by atoms with van der Waals surface area (Å²) in [6, 6.07) is 9.71. The fourth-order valence-electron chi connectivity index (χ4n) is 1.75. The van der Waals surface area contributed by atoms with Crippen LogP contribution < -0.4 is 0 Å². The van der Waals surface area contributed by atoms with E-state index < -0.39 is 0 Å². The highest BCUT2D eigenvalue weighted by atomic mass is 32.2. The molecule has 0 spiro atoms. The Morgan fingerprint density at radius 2 is 2.14 bits per heavy atom. The number of thiazole rings is 1. The summed E-state index contributed by atoms with van der Waals surface area (Å²) in [7, 11) is 0. The number of aromatic nitrogens is 3. The maximum absolute atomic E-state index is 10.2. The second kappa shape index (κ2) is 6.44. The van der Waals surface area contributed by atoms with Gasteiger partial charge in [0.2, 0.25) is 0 Å². The summed E-state index contributed by atoms with van der Waals surface area (Å²) in [5.74, 6) is 0.285. The smallest absolute Gasteiger partial charge is 0.174 e. The first-order valence-electron chi connectivity index (χ1n) is 6.28. The molecule has 3 aromatic rings. The minimum atomic E-state index is 0.0133. The third-order valence-corrected chi connectivity index (χ3v) is 5.79. The molecule has 22 heavy (non-hydrogen) atoms. The second-order valence-electron chi connectivity index (χ2n) is 4.30. The van der Waals surface area contributed by atoms with Crippen LogP contribution in [0.1, 0.15) is 10.0 Å². The van der Waals surface area contributed by atoms with E-state index in [1.807, 2.05) is 31.2 Å². The Morgan fingerprint density at radius 3 is 2.82 bits per heavy atom. The molecule has 0 radical (unpaired) electrons. The van der Waals surface area contributed by atoms with Gasteiger partial charge in [-0.2, -0.15) is 5.26 Å². The molecular weight excluding hydrogens is 336 g/mol. The zero-order valence-electron chi connectivity index (χ0n) is 11.5. The Morgan fingerprint density at radius 1 is 1.32 bits per heavy atom. The molecule has 0 saturated heterocycles. The molecule has 1 N–H and O–H groups in total. The van der Waals surface area contributed by atoms with Crippen LogP contribution in [-0.2, 0) is 0 Å². The van der Waals surface area contributed by atoms with E-state index in [1.165, 1.54) is 34.4 Å². The van der Waals surface area contributed by atoms with Gasteiger partial charge in [0.1, 0.15) is 27.4 Å². The lowest BCUT2D eigenvalue weighted by molar-refractivity contribution is 0.421. The van der Waals surface area contributed by atoms with E-state index in [-0.39, 0.29) is 17.1 Å². The molecular formula is C14H10N4OS3. The zero-order valence-corrected chi connectivity index (χ0v) is 13.9. The molecule has 8 heteroatoms. The lowest BCUT2D eigenvalue weighted by atomic mass is 10.2. The van der Waals surface area contributed by atoms with Crippen LogP contribution in [0, 0.1) is 18.3 Å². The number of allylic oxidation sites excluding steroid dienone is 1. The number of nitriles is 1. The van der Waals surface area contributed by atoms with Gasteiger partial charge in [-0.25, -0.2) is 4.98 Å². The molecule has 3 rings (SSSR count). The van der Waals surface area contributed by atoms with Crippen molar-refractivity contribution in [2.75, 3.05) is 5.75 Å². The normalized spacial score (nSPS) is 12.2. The lowest BCUT2D eigenvalue weighted by Gasteiger charge is -1.99. The topological polar surface area (TPSA) is 82.7 Å². The number of aliphatic hydroxyl groups excluding tert-OH is 1. The van der Waals surface area contributed by atoms with Crippen molar-refractivity contribution in [3.63, 3.8) is 0 Å². The molecule has 0 bridgehead atoms. The molecule has 110 valence electrons. The van der Waals surface area contributed by atoms with Crippen molar-refractivity contribution < 1.29 is 5.11 Å². The van der Waals surface area contributed by atoms with Crippen LogP contribution in [0.25, 0.3) is 15.8 Å². The number of hydrogen-bond donors (Lipinski definition) is 1. The quantitative estimate of drug-likeness (QED) is 0.436. The van der Waals surface area contributed by atoms with E-state index in [2.05, 4.69) is 21.3 Å². The van der Waals surface area contributed by atoms with Gasteiger partial charge in [-0.3, -0.25) is 0 Å². The minimum absolute atomic E-state index is 0.0133. The van der Waals surface area contributed by atoms with Crippen LogP contribution in [0.4, 0.5) is 0 Å². The van der Waals surface area contributed by atoms with E-state index >= 15 is 0 Å². The summed E-state index contributed by atoms with van der Waals surface area (Å²) in [6.45, 7) is 1.87. The number of rotatable bonds is 4. The predicted molar refractivity (Wildman–Crippen MR) is 90.2 cm³/mol. The van der Waals surface area contributed by atoms with Gasteiger partial charge < -0.3 is 5.11 Å². The average molecular weight is 346 g/mol. The number of thioether (sulfide) groups is 1. The molecule has 2 aromatic heterocycles. The van der Waals surface area contributed by atoms with E-state index in [4.69, 9.17) is 0 Å². The largest absolute Gasteiger partial charge is 0.510 e. The van der Waals surface area contributed by atoms with E-state index in [0.29, 0.717) is 5.01 Å². The highest BCUT2D eigenvalue weighted by molar-refractivity contribution is 8.01. The summed E-state index contributed by atoms with van der Waals surface area (Å²) >= 11 is 4.22. The van der Waals surface area contributed by atoms with Gasteiger partial charge in [-0.05, 0) is 19.1 Å². The molecule has 0 fully saturated rings. The highest BCUT2D eigenvalue weighted by Crippen LogP contribution is 2.30. The summed E-state index contributed by atoms with van der Waals surface area (Å²) in [5, 5.41) is 28.9. The number of para-hydroxylation sites is 1. The van der Waals surface area contributed by atoms with Crippen molar-refractivity contribution in [2.24, 2.45) is 0 Å². The lowest BCUT2D eigenvalue weighted by Crippen LogP contribution is -1.92. The van der Waals surface area contributed by atoms with Crippen molar-refractivity contribution in [1.82, 2.24) is 15.2 Å². The van der Waals surface area contributed by atoms with Gasteiger partial charge >= 0.3 is 0 Å². The Kier molecular flexibility index (Phi) is 4.38. The van der Waals surface area contributed by atoms with Gasteiger partial charge in [0.05, 0.1) is 16.0 Å². The number of aryl methyl sites for hydroxylation is 1. The van der Waals surface area contributed by atoms with Crippen LogP contribution >= 0.6 is 34.4 Å². The van der Waals surface area contributed by atoms with E-state index in [9.17, 15) is 10.4 Å². The fraction of sp³-hybridized carbons (Fsp3) is 0.143. The Bertz CT molecular complexity index is 858. The summed E-state index contributed by atoms with van der Waals surface area (Å²) in [5.41, 5.74) is 1.05. The molecule has 2 heterocycles. The molecule has 0 unspecified atom stereocenters. The summed E-state index contributed by atoms with van der Waals surface area (Å²) < 4.78 is 1.76. The van der Waals surface area contributed by atoms with Crippen LogP contribution in [-0.4, -0.2) is 26.0 Å². The first kappa shape index (κ1) is 15.0. The van der Waals surface area contributed by atoms with Crippen molar-refractivity contribution in [3.8, 4) is 6.07 Å². The monoisotopic (exact) mass is 346 g/mol. The average Bonchev–Trinajstić information content (AvgIpc) is 3.11. The molecule has 1 aromatic carbocycles. The molecule has 0 aliphatic carbocycles. The number of aliphatic hydroxyl groups is 1. The molecule has 0 saturated carbocycles. The minimum Gasteiger partial charge on any atom is -0.510 e. The molecule has 0 aliphatic heterocycles. The van der Waals surface area contributed by atoms with Gasteiger partial charge in [0.15, 0.2) is 4.34 Å². The van der Waals surface area contributed by atoms with Crippen LogP contribution in [0.3, 0.4) is 0 Å². The van der Waals surface area contributed by atoms with Crippen LogP contribution in [0.5, 0.6) is 0 Å². The van der Waals surface area contributed by atoms with Crippen molar-refractivity contribution in [3.05, 3.63) is 40.0 Å². The molecule has 0 atom stereocenters. The fourth-order valence-corrected chi connectivity index (χ4v) is 4.43. The highest BCUT2D eigenvalue weighted by Gasteiger charge is 2.14. The third kappa shape index (κ3) is 3.11. The SMILES string of the molecule is Cc1nnc(SC/C(O)=C(\C#N)c2nc3ccccc3s2)s1. The molecule has 0 amide bonds. The van der Waals surface area contributed by atoms with Gasteiger partial charge in [-0.1, -0.05) is 35.2 Å². The maximum Gasteiger partial charge on any atom is 0.174 e. The molecule has 0 aliphatic rings. The summed E-state index contributed by atoms with van der Waals surface area (Å²) in [4.78, 5) is 4.41. The first-order chi connectivity index (χ1) is 10.7. The van der Waals surface area contributed by atoms with Crippen LogP contribution in [0.2, 0.25) is 0 Å². The van der Waals surface area contributed by atoms with Gasteiger partial charge in [0, 0.05) is 0 Å². The number of hydrogen-bond acceptors (Lipinski definition) is 8. The maximum atomic E-state index is 10.2. The predicted octanol–water partition coefficient (Wildman–Crippen LogP) is 4.04. The van der Waals surface area contributed by atoms with E-state index in [1.54, 1.807) is 0 Å². The van der Waals surface area contributed by atoms with E-state index in [0.717, 1.165) is 19.6 Å². The number of benzene rings is 1. The number of fused-ring (bicyclic) bond motifs is 1. The van der Waals surface area contributed by atoms with Gasteiger partial charge in [0.25, 0.3) is 0 Å². The van der Waals surface area contributed by atoms with Crippen molar-refractivity contribution >= 4 is 50.2 Å². The summed E-state index contributed by atoms with van der Waals surface area (Å²) in [6.07, 6.45) is 0. The Labute approximate surface area is 139 Å².